The molecular formula is C20H36N4O3. The molecule has 7 nitrogen and oxygen atoms in total. The van der Waals surface area contributed by atoms with E-state index in [9.17, 15) is 9.59 Å². The number of nitrogens with zero attached hydrogens (tertiary/aromatic N) is 4. The zero-order valence-electron chi connectivity index (χ0n) is 17.1. The summed E-state index contributed by atoms with van der Waals surface area (Å²) in [5.74, 6) is 0.284. The summed E-state index contributed by atoms with van der Waals surface area (Å²) in [6.45, 7) is 12.2. The molecule has 0 aliphatic carbocycles. The van der Waals surface area contributed by atoms with Crippen molar-refractivity contribution >= 4 is 11.8 Å². The minimum Gasteiger partial charge on any atom is -0.376 e. The molecule has 0 aromatic heterocycles. The van der Waals surface area contributed by atoms with Crippen molar-refractivity contribution in [3.05, 3.63) is 0 Å². The van der Waals surface area contributed by atoms with E-state index < -0.39 is 0 Å². The molecule has 0 spiro atoms. The molecule has 0 unspecified atom stereocenters. The third kappa shape index (κ3) is 5.65. The summed E-state index contributed by atoms with van der Waals surface area (Å²) < 4.78 is 6.10. The number of piperazine rings is 1. The smallest absolute Gasteiger partial charge is 0.239 e. The summed E-state index contributed by atoms with van der Waals surface area (Å²) in [6, 6.07) is -0.107. The van der Waals surface area contributed by atoms with Crippen LogP contribution in [-0.4, -0.2) is 109 Å². The van der Waals surface area contributed by atoms with Crippen LogP contribution in [0.3, 0.4) is 0 Å². The first-order valence-electron chi connectivity index (χ1n) is 10.7. The van der Waals surface area contributed by atoms with E-state index in [1.807, 2.05) is 16.7 Å². The van der Waals surface area contributed by atoms with E-state index in [4.69, 9.17) is 4.74 Å². The average molecular weight is 381 g/mol. The Hall–Kier alpha value is -1.18. The number of hydrogen-bond donors (Lipinski definition) is 0. The molecule has 154 valence electrons. The Bertz CT molecular complexity index is 501. The fourth-order valence-corrected chi connectivity index (χ4v) is 4.44. The highest BCUT2D eigenvalue weighted by Gasteiger charge is 2.33. The third-order valence-corrected chi connectivity index (χ3v) is 6.33. The number of likely N-dealkylation sites (tertiary alicyclic amines) is 2. The first-order chi connectivity index (χ1) is 13.0. The van der Waals surface area contributed by atoms with Crippen molar-refractivity contribution in [3.8, 4) is 0 Å². The van der Waals surface area contributed by atoms with Crippen molar-refractivity contribution in [2.45, 2.75) is 51.7 Å². The predicted octanol–water partition coefficient (Wildman–Crippen LogP) is 0.642. The summed E-state index contributed by atoms with van der Waals surface area (Å²) in [6.07, 6.45) is 5.26. The van der Waals surface area contributed by atoms with Crippen molar-refractivity contribution in [1.29, 1.82) is 0 Å². The van der Waals surface area contributed by atoms with Crippen molar-refractivity contribution in [3.63, 3.8) is 0 Å². The van der Waals surface area contributed by atoms with Crippen LogP contribution in [-0.2, 0) is 14.3 Å². The van der Waals surface area contributed by atoms with Crippen LogP contribution in [0.2, 0.25) is 0 Å². The number of piperidine rings is 1. The van der Waals surface area contributed by atoms with E-state index in [1.54, 1.807) is 6.92 Å². The second-order valence-corrected chi connectivity index (χ2v) is 8.19. The van der Waals surface area contributed by atoms with Crippen molar-refractivity contribution < 1.29 is 14.3 Å². The number of amides is 2. The lowest BCUT2D eigenvalue weighted by Crippen LogP contribution is -2.54. The van der Waals surface area contributed by atoms with Gasteiger partial charge in [-0.25, -0.2) is 0 Å². The largest absolute Gasteiger partial charge is 0.376 e. The normalized spacial score (nSPS) is 26.4. The van der Waals surface area contributed by atoms with Gasteiger partial charge in [-0.2, -0.15) is 0 Å². The van der Waals surface area contributed by atoms with Gasteiger partial charge in [0.25, 0.3) is 0 Å². The molecule has 27 heavy (non-hydrogen) atoms. The summed E-state index contributed by atoms with van der Waals surface area (Å²) in [5, 5.41) is 0. The molecule has 3 heterocycles. The Labute approximate surface area is 163 Å². The van der Waals surface area contributed by atoms with Gasteiger partial charge < -0.3 is 19.4 Å². The van der Waals surface area contributed by atoms with E-state index in [1.165, 1.54) is 32.4 Å². The maximum Gasteiger partial charge on any atom is 0.239 e. The molecular weight excluding hydrogens is 344 g/mol. The van der Waals surface area contributed by atoms with Crippen molar-refractivity contribution in [1.82, 2.24) is 19.6 Å². The molecule has 3 rings (SSSR count). The van der Waals surface area contributed by atoms with Crippen LogP contribution in [0.1, 0.15) is 39.5 Å². The van der Waals surface area contributed by atoms with Gasteiger partial charge >= 0.3 is 0 Å². The zero-order valence-corrected chi connectivity index (χ0v) is 17.1. The SMILES string of the molecule is CC(=O)N1CCN(C(=O)[C@@H](C)N2CC[C@@H](OCCN3CCCCC3)C2)CC1. The lowest BCUT2D eigenvalue weighted by atomic mass is 10.1. The van der Waals surface area contributed by atoms with Gasteiger partial charge in [0.05, 0.1) is 18.8 Å². The van der Waals surface area contributed by atoms with Crippen LogP contribution in [0, 0.1) is 0 Å². The highest BCUT2D eigenvalue weighted by atomic mass is 16.5. The molecule has 0 saturated carbocycles. The molecule has 7 heteroatoms. The number of hydrogen-bond acceptors (Lipinski definition) is 5. The summed E-state index contributed by atoms with van der Waals surface area (Å²) in [7, 11) is 0. The molecule has 3 aliphatic rings. The van der Waals surface area contributed by atoms with E-state index in [0.717, 1.165) is 32.7 Å². The molecule has 2 amide bonds. The molecule has 2 atom stereocenters. The van der Waals surface area contributed by atoms with Crippen LogP contribution in [0.15, 0.2) is 0 Å². The minimum absolute atomic E-state index is 0.0965. The van der Waals surface area contributed by atoms with Gasteiger partial charge in [-0.05, 0) is 39.3 Å². The van der Waals surface area contributed by atoms with Gasteiger partial charge in [-0.15, -0.1) is 0 Å². The number of ether oxygens (including phenoxy) is 1. The molecule has 0 N–H and O–H groups in total. The number of carbonyl (C=O) groups is 2. The molecule has 0 bridgehead atoms. The Balaban J connectivity index is 1.36. The minimum atomic E-state index is -0.107. The fraction of sp³-hybridized carbons (Fsp3) is 0.900. The summed E-state index contributed by atoms with van der Waals surface area (Å²) in [4.78, 5) is 32.7. The predicted molar refractivity (Wildman–Crippen MR) is 105 cm³/mol. The summed E-state index contributed by atoms with van der Waals surface area (Å²) >= 11 is 0. The second-order valence-electron chi connectivity index (χ2n) is 8.19. The van der Waals surface area contributed by atoms with Gasteiger partial charge in [0, 0.05) is 52.7 Å². The molecule has 0 radical (unpaired) electrons. The lowest BCUT2D eigenvalue weighted by molar-refractivity contribution is -0.141. The van der Waals surface area contributed by atoms with E-state index in [2.05, 4.69) is 9.80 Å². The Kier molecular flexibility index (Phi) is 7.49. The van der Waals surface area contributed by atoms with Crippen LogP contribution in [0.5, 0.6) is 0 Å². The van der Waals surface area contributed by atoms with Crippen LogP contribution in [0.4, 0.5) is 0 Å². The van der Waals surface area contributed by atoms with E-state index >= 15 is 0 Å². The lowest BCUT2D eigenvalue weighted by Gasteiger charge is -2.37. The molecule has 3 fully saturated rings. The van der Waals surface area contributed by atoms with Gasteiger partial charge in [-0.3, -0.25) is 14.5 Å². The Morgan fingerprint density at radius 3 is 2.30 bits per heavy atom. The standard InChI is InChI=1S/C20H36N4O3/c1-17(20(26)23-12-10-22(11-13-23)18(2)25)24-9-6-19(16-24)27-15-14-21-7-4-3-5-8-21/h17,19H,3-16H2,1-2H3/t17-,19-/m1/s1. The molecule has 0 aromatic rings. The monoisotopic (exact) mass is 380 g/mol. The van der Waals surface area contributed by atoms with Gasteiger partial charge in [0.1, 0.15) is 0 Å². The molecule has 3 aliphatic heterocycles. The highest BCUT2D eigenvalue weighted by molar-refractivity contribution is 5.82. The van der Waals surface area contributed by atoms with Gasteiger partial charge in [0.2, 0.25) is 11.8 Å². The van der Waals surface area contributed by atoms with E-state index in [-0.39, 0.29) is 24.0 Å². The Morgan fingerprint density at radius 2 is 1.63 bits per heavy atom. The quantitative estimate of drug-likeness (QED) is 0.677. The van der Waals surface area contributed by atoms with Crippen LogP contribution >= 0.6 is 0 Å². The van der Waals surface area contributed by atoms with E-state index in [0.29, 0.717) is 26.2 Å². The van der Waals surface area contributed by atoms with Gasteiger partial charge in [-0.1, -0.05) is 6.42 Å². The molecule has 0 aromatic carbocycles. The summed E-state index contributed by atoms with van der Waals surface area (Å²) in [5.41, 5.74) is 0. The fourth-order valence-electron chi connectivity index (χ4n) is 4.44. The van der Waals surface area contributed by atoms with Crippen molar-refractivity contribution in [2.24, 2.45) is 0 Å². The number of carbonyl (C=O) groups excluding carboxylic acids is 2. The first-order valence-corrected chi connectivity index (χ1v) is 10.7. The highest BCUT2D eigenvalue weighted by Crippen LogP contribution is 2.18. The third-order valence-electron chi connectivity index (χ3n) is 6.33. The number of rotatable bonds is 6. The second kappa shape index (κ2) is 9.85. The van der Waals surface area contributed by atoms with Gasteiger partial charge in [0.15, 0.2) is 0 Å². The zero-order chi connectivity index (χ0) is 19.2. The van der Waals surface area contributed by atoms with Crippen LogP contribution < -0.4 is 0 Å². The van der Waals surface area contributed by atoms with Crippen molar-refractivity contribution in [2.75, 3.05) is 65.5 Å². The topological polar surface area (TPSA) is 56.3 Å². The Morgan fingerprint density at radius 1 is 0.963 bits per heavy atom. The maximum atomic E-state index is 12.8. The average Bonchev–Trinajstić information content (AvgIpc) is 3.16. The molecule has 3 saturated heterocycles. The first kappa shape index (κ1) is 20.6. The maximum absolute atomic E-state index is 12.8. The van der Waals surface area contributed by atoms with Crippen LogP contribution in [0.25, 0.3) is 0 Å².